The van der Waals surface area contributed by atoms with Gasteiger partial charge in [0.25, 0.3) is 5.69 Å². The first-order valence-corrected chi connectivity index (χ1v) is 6.41. The summed E-state index contributed by atoms with van der Waals surface area (Å²) in [6, 6.07) is 3.33. The van der Waals surface area contributed by atoms with Crippen LogP contribution in [0.3, 0.4) is 0 Å². The molecule has 106 valence electrons. The molecule has 7 nitrogen and oxygen atoms in total. The van der Waals surface area contributed by atoms with Crippen LogP contribution in [0.4, 0.5) is 5.69 Å². The van der Waals surface area contributed by atoms with Gasteiger partial charge >= 0.3 is 0 Å². The van der Waals surface area contributed by atoms with E-state index in [0.29, 0.717) is 12.2 Å². The van der Waals surface area contributed by atoms with Gasteiger partial charge in [0.05, 0.1) is 16.8 Å². The van der Waals surface area contributed by atoms with Gasteiger partial charge in [0, 0.05) is 12.6 Å². The molecule has 0 amide bonds. The molecule has 0 fully saturated rings. The lowest BCUT2D eigenvalue weighted by atomic mass is 10.1. The lowest BCUT2D eigenvalue weighted by Crippen LogP contribution is -2.11. The second-order valence-electron chi connectivity index (χ2n) is 4.62. The standard InChI is InChI=1S/C13H17N5O2/c1-4-14-7-11-8-17(16-15-11)12-5-9(2)10(3)6-13(12)18(19)20/h5-6,8,14H,4,7H2,1-3H3. The molecular formula is C13H17N5O2. The molecule has 0 unspecified atom stereocenters. The van der Waals surface area contributed by atoms with Crippen LogP contribution >= 0.6 is 0 Å². The van der Waals surface area contributed by atoms with E-state index >= 15 is 0 Å². The molecule has 1 aromatic carbocycles. The largest absolute Gasteiger partial charge is 0.311 e. The molecule has 2 aromatic rings. The predicted molar refractivity (Wildman–Crippen MR) is 74.9 cm³/mol. The number of nitro groups is 1. The van der Waals surface area contributed by atoms with Gasteiger partial charge in [0.2, 0.25) is 0 Å². The third kappa shape index (κ3) is 2.83. The van der Waals surface area contributed by atoms with Gasteiger partial charge in [0.1, 0.15) is 5.69 Å². The van der Waals surface area contributed by atoms with Gasteiger partial charge in [-0.2, -0.15) is 0 Å². The number of benzene rings is 1. The lowest BCUT2D eigenvalue weighted by Gasteiger charge is -2.06. The zero-order valence-electron chi connectivity index (χ0n) is 11.8. The smallest absolute Gasteiger partial charge is 0.295 e. The summed E-state index contributed by atoms with van der Waals surface area (Å²) in [5, 5.41) is 22.3. The molecule has 0 radical (unpaired) electrons. The van der Waals surface area contributed by atoms with E-state index in [9.17, 15) is 10.1 Å². The summed E-state index contributed by atoms with van der Waals surface area (Å²) < 4.78 is 1.46. The van der Waals surface area contributed by atoms with Crippen molar-refractivity contribution < 1.29 is 4.92 Å². The van der Waals surface area contributed by atoms with Crippen molar-refractivity contribution in [2.75, 3.05) is 6.54 Å². The van der Waals surface area contributed by atoms with Crippen LogP contribution in [-0.4, -0.2) is 26.5 Å². The van der Waals surface area contributed by atoms with Crippen molar-refractivity contribution in [2.24, 2.45) is 0 Å². The molecule has 1 aromatic heterocycles. The van der Waals surface area contributed by atoms with E-state index in [1.807, 2.05) is 20.8 Å². The Kier molecular flexibility index (Phi) is 4.09. The van der Waals surface area contributed by atoms with E-state index in [-0.39, 0.29) is 5.69 Å². The summed E-state index contributed by atoms with van der Waals surface area (Å²) in [5.74, 6) is 0. The number of hydrogen-bond donors (Lipinski definition) is 1. The first-order valence-electron chi connectivity index (χ1n) is 6.41. The van der Waals surface area contributed by atoms with E-state index < -0.39 is 4.92 Å². The minimum absolute atomic E-state index is 0.0352. The Morgan fingerprint density at radius 3 is 2.70 bits per heavy atom. The van der Waals surface area contributed by atoms with Crippen LogP contribution in [0, 0.1) is 24.0 Å². The second kappa shape index (κ2) is 5.79. The van der Waals surface area contributed by atoms with E-state index in [4.69, 9.17) is 0 Å². The van der Waals surface area contributed by atoms with Crippen LogP contribution in [0.25, 0.3) is 5.69 Å². The topological polar surface area (TPSA) is 85.9 Å². The molecule has 0 spiro atoms. The Morgan fingerprint density at radius 2 is 2.05 bits per heavy atom. The fraction of sp³-hybridized carbons (Fsp3) is 0.385. The van der Waals surface area contributed by atoms with Crippen LogP contribution in [0.15, 0.2) is 18.3 Å². The summed E-state index contributed by atoms with van der Waals surface area (Å²) in [5.41, 5.74) is 3.09. The molecule has 0 aliphatic heterocycles. The molecule has 1 heterocycles. The summed E-state index contributed by atoms with van der Waals surface area (Å²) in [7, 11) is 0. The van der Waals surface area contributed by atoms with Gasteiger partial charge in [-0.15, -0.1) is 5.10 Å². The third-order valence-corrected chi connectivity index (χ3v) is 3.13. The summed E-state index contributed by atoms with van der Waals surface area (Å²) in [6.45, 7) is 7.19. The number of nitrogens with zero attached hydrogens (tertiary/aromatic N) is 4. The monoisotopic (exact) mass is 275 g/mol. The maximum absolute atomic E-state index is 11.2. The molecule has 0 saturated carbocycles. The molecule has 7 heteroatoms. The minimum Gasteiger partial charge on any atom is -0.311 e. The van der Waals surface area contributed by atoms with Gasteiger partial charge in [-0.1, -0.05) is 12.1 Å². The molecule has 0 atom stereocenters. The number of aryl methyl sites for hydroxylation is 2. The highest BCUT2D eigenvalue weighted by Gasteiger charge is 2.18. The summed E-state index contributed by atoms with van der Waals surface area (Å²) >= 11 is 0. The van der Waals surface area contributed by atoms with Crippen molar-refractivity contribution in [1.82, 2.24) is 20.3 Å². The van der Waals surface area contributed by atoms with E-state index in [0.717, 1.165) is 23.4 Å². The maximum Gasteiger partial charge on any atom is 0.295 e. The number of nitro benzene ring substituents is 1. The van der Waals surface area contributed by atoms with E-state index in [1.165, 1.54) is 4.68 Å². The van der Waals surface area contributed by atoms with Gasteiger partial charge in [-0.3, -0.25) is 10.1 Å². The molecule has 0 saturated heterocycles. The second-order valence-corrected chi connectivity index (χ2v) is 4.62. The van der Waals surface area contributed by atoms with Crippen LogP contribution < -0.4 is 5.32 Å². The molecule has 1 N–H and O–H groups in total. The number of rotatable bonds is 5. The van der Waals surface area contributed by atoms with Crippen LogP contribution in [0.2, 0.25) is 0 Å². The highest BCUT2D eigenvalue weighted by molar-refractivity contribution is 5.56. The first kappa shape index (κ1) is 14.1. The Bertz CT molecular complexity index is 636. The van der Waals surface area contributed by atoms with Crippen molar-refractivity contribution >= 4 is 5.69 Å². The Balaban J connectivity index is 2.43. The molecule has 0 aliphatic rings. The van der Waals surface area contributed by atoms with Crippen LogP contribution in [-0.2, 0) is 6.54 Å². The molecular weight excluding hydrogens is 258 g/mol. The zero-order chi connectivity index (χ0) is 14.7. The zero-order valence-corrected chi connectivity index (χ0v) is 11.8. The van der Waals surface area contributed by atoms with Gasteiger partial charge in [-0.25, -0.2) is 4.68 Å². The van der Waals surface area contributed by atoms with Crippen LogP contribution in [0.1, 0.15) is 23.7 Å². The van der Waals surface area contributed by atoms with E-state index in [2.05, 4.69) is 15.6 Å². The molecule has 20 heavy (non-hydrogen) atoms. The Labute approximate surface area is 116 Å². The highest BCUT2D eigenvalue weighted by Crippen LogP contribution is 2.26. The quantitative estimate of drug-likeness (QED) is 0.665. The van der Waals surface area contributed by atoms with Crippen molar-refractivity contribution in [1.29, 1.82) is 0 Å². The SMILES string of the molecule is CCNCc1cn(-c2cc(C)c(C)cc2[N+](=O)[O-])nn1. The summed E-state index contributed by atoms with van der Waals surface area (Å²) in [6.07, 6.45) is 1.71. The maximum atomic E-state index is 11.2. The number of hydrogen-bond acceptors (Lipinski definition) is 5. The third-order valence-electron chi connectivity index (χ3n) is 3.13. The summed E-state index contributed by atoms with van der Waals surface area (Å²) in [4.78, 5) is 10.8. The van der Waals surface area contributed by atoms with Crippen molar-refractivity contribution in [3.63, 3.8) is 0 Å². The van der Waals surface area contributed by atoms with Crippen LogP contribution in [0.5, 0.6) is 0 Å². The fourth-order valence-corrected chi connectivity index (χ4v) is 1.87. The molecule has 2 rings (SSSR count). The fourth-order valence-electron chi connectivity index (χ4n) is 1.87. The first-order chi connectivity index (χ1) is 9.52. The highest BCUT2D eigenvalue weighted by atomic mass is 16.6. The van der Waals surface area contributed by atoms with Gasteiger partial charge in [0.15, 0.2) is 0 Å². The molecule has 0 aliphatic carbocycles. The average Bonchev–Trinajstić information content (AvgIpc) is 2.87. The average molecular weight is 275 g/mol. The van der Waals surface area contributed by atoms with Crippen molar-refractivity contribution in [3.05, 3.63) is 45.3 Å². The van der Waals surface area contributed by atoms with Gasteiger partial charge in [-0.05, 0) is 37.6 Å². The van der Waals surface area contributed by atoms with Gasteiger partial charge < -0.3 is 5.32 Å². The number of aromatic nitrogens is 3. The van der Waals surface area contributed by atoms with E-state index in [1.54, 1.807) is 18.3 Å². The Morgan fingerprint density at radius 1 is 1.35 bits per heavy atom. The lowest BCUT2D eigenvalue weighted by molar-refractivity contribution is -0.384. The molecule has 0 bridgehead atoms. The minimum atomic E-state index is -0.395. The van der Waals surface area contributed by atoms with Crippen molar-refractivity contribution in [2.45, 2.75) is 27.3 Å². The number of nitrogens with one attached hydrogen (secondary N) is 1. The predicted octanol–water partition coefficient (Wildman–Crippen LogP) is 1.90. The Hall–Kier alpha value is -2.28. The van der Waals surface area contributed by atoms with Crippen molar-refractivity contribution in [3.8, 4) is 5.69 Å². The normalized spacial score (nSPS) is 10.8.